The van der Waals surface area contributed by atoms with Gasteiger partial charge in [0.15, 0.2) is 0 Å². The van der Waals surface area contributed by atoms with E-state index in [0.29, 0.717) is 13.0 Å². The number of rotatable bonds is 3. The predicted molar refractivity (Wildman–Crippen MR) is 92.0 cm³/mol. The summed E-state index contributed by atoms with van der Waals surface area (Å²) in [5.74, 6) is -0.275. The molecule has 0 spiro atoms. The zero-order chi connectivity index (χ0) is 16.6. The van der Waals surface area contributed by atoms with Crippen molar-refractivity contribution in [3.05, 3.63) is 59.7 Å². The average Bonchev–Trinajstić information content (AvgIpc) is 2.85. The van der Waals surface area contributed by atoms with E-state index in [4.69, 9.17) is 5.73 Å². The Kier molecular flexibility index (Phi) is 3.94. The summed E-state index contributed by atoms with van der Waals surface area (Å²) in [6.07, 6.45) is 2.13. The lowest BCUT2D eigenvalue weighted by Gasteiger charge is -2.19. The number of fused-ring (bicyclic) bond motifs is 1. The summed E-state index contributed by atoms with van der Waals surface area (Å²) < 4.78 is 15.4. The summed E-state index contributed by atoms with van der Waals surface area (Å²) in [4.78, 5) is 4.68. The third-order valence-corrected chi connectivity index (χ3v) is 4.09. The molecule has 1 aromatic carbocycles. The molecule has 3 nitrogen and oxygen atoms in total. The monoisotopic (exact) mass is 311 g/mol. The van der Waals surface area contributed by atoms with Crippen molar-refractivity contribution in [2.24, 2.45) is 5.73 Å². The van der Waals surface area contributed by atoms with E-state index in [0.717, 1.165) is 22.6 Å². The van der Waals surface area contributed by atoms with Crippen molar-refractivity contribution in [3.8, 4) is 11.3 Å². The van der Waals surface area contributed by atoms with E-state index in [1.54, 1.807) is 10.5 Å². The summed E-state index contributed by atoms with van der Waals surface area (Å²) >= 11 is 0. The molecule has 0 amide bonds. The van der Waals surface area contributed by atoms with Crippen LogP contribution in [-0.4, -0.2) is 15.9 Å². The molecular formula is C19H22FN3. The van der Waals surface area contributed by atoms with Crippen LogP contribution in [-0.2, 0) is 11.8 Å². The molecule has 23 heavy (non-hydrogen) atoms. The van der Waals surface area contributed by atoms with Crippen molar-refractivity contribution in [1.29, 1.82) is 0 Å². The van der Waals surface area contributed by atoms with E-state index >= 15 is 0 Å². The topological polar surface area (TPSA) is 43.3 Å². The van der Waals surface area contributed by atoms with Crippen molar-refractivity contribution >= 4 is 5.65 Å². The fraction of sp³-hybridized carbons (Fsp3) is 0.316. The number of halogens is 1. The Hall–Kier alpha value is -2.20. The number of nitrogens with zero attached hydrogens (tertiary/aromatic N) is 2. The molecular weight excluding hydrogens is 289 g/mol. The van der Waals surface area contributed by atoms with E-state index in [1.165, 1.54) is 17.8 Å². The minimum absolute atomic E-state index is 0.112. The molecule has 2 N–H and O–H groups in total. The van der Waals surface area contributed by atoms with E-state index < -0.39 is 0 Å². The second-order valence-electron chi connectivity index (χ2n) is 6.85. The van der Waals surface area contributed by atoms with Crippen molar-refractivity contribution in [1.82, 2.24) is 9.38 Å². The zero-order valence-electron chi connectivity index (χ0n) is 13.8. The normalized spacial score (nSPS) is 12.0. The maximum absolute atomic E-state index is 13.6. The second-order valence-corrected chi connectivity index (χ2v) is 6.85. The average molecular weight is 311 g/mol. The Morgan fingerprint density at radius 3 is 2.39 bits per heavy atom. The fourth-order valence-electron chi connectivity index (χ4n) is 2.80. The van der Waals surface area contributed by atoms with Gasteiger partial charge in [-0.2, -0.15) is 0 Å². The van der Waals surface area contributed by atoms with Gasteiger partial charge in [-0.1, -0.05) is 45.0 Å². The van der Waals surface area contributed by atoms with Crippen LogP contribution < -0.4 is 5.73 Å². The Labute approximate surface area is 136 Å². The highest BCUT2D eigenvalue weighted by Gasteiger charge is 2.16. The number of aromatic nitrogens is 2. The molecule has 3 rings (SSSR count). The van der Waals surface area contributed by atoms with Crippen LogP contribution in [0, 0.1) is 5.82 Å². The minimum atomic E-state index is -0.275. The lowest BCUT2D eigenvalue weighted by molar-refractivity contribution is 0.590. The molecule has 120 valence electrons. The van der Waals surface area contributed by atoms with Gasteiger partial charge < -0.3 is 10.1 Å². The van der Waals surface area contributed by atoms with Crippen molar-refractivity contribution < 1.29 is 4.39 Å². The SMILES string of the molecule is CC(C)(C)c1ccc(-c2nc3ccc(F)cn3c2CCN)cc1. The zero-order valence-corrected chi connectivity index (χ0v) is 13.8. The Morgan fingerprint density at radius 2 is 1.78 bits per heavy atom. The smallest absolute Gasteiger partial charge is 0.139 e. The molecule has 0 aliphatic heterocycles. The van der Waals surface area contributed by atoms with Gasteiger partial charge in [0.1, 0.15) is 11.5 Å². The number of imidazole rings is 1. The maximum atomic E-state index is 13.6. The highest BCUT2D eigenvalue weighted by Crippen LogP contribution is 2.28. The molecule has 0 aliphatic carbocycles. The summed E-state index contributed by atoms with van der Waals surface area (Å²) in [6, 6.07) is 11.6. The molecule has 0 aliphatic rings. The Balaban J connectivity index is 2.13. The van der Waals surface area contributed by atoms with Gasteiger partial charge in [-0.15, -0.1) is 0 Å². The van der Waals surface area contributed by atoms with Crippen LogP contribution in [0.1, 0.15) is 32.0 Å². The van der Waals surface area contributed by atoms with Crippen LogP contribution in [0.25, 0.3) is 16.9 Å². The molecule has 2 heterocycles. The van der Waals surface area contributed by atoms with Gasteiger partial charge in [0.05, 0.1) is 11.4 Å². The largest absolute Gasteiger partial charge is 0.330 e. The van der Waals surface area contributed by atoms with Crippen LogP contribution in [0.4, 0.5) is 4.39 Å². The van der Waals surface area contributed by atoms with Crippen LogP contribution in [0.15, 0.2) is 42.6 Å². The fourth-order valence-corrected chi connectivity index (χ4v) is 2.80. The summed E-state index contributed by atoms with van der Waals surface area (Å²) in [7, 11) is 0. The van der Waals surface area contributed by atoms with E-state index in [9.17, 15) is 4.39 Å². The second kappa shape index (κ2) is 5.78. The molecule has 0 radical (unpaired) electrons. The molecule has 0 saturated carbocycles. The van der Waals surface area contributed by atoms with E-state index in [-0.39, 0.29) is 11.2 Å². The molecule has 0 atom stereocenters. The van der Waals surface area contributed by atoms with Gasteiger partial charge in [0, 0.05) is 18.2 Å². The Bertz CT molecular complexity index is 826. The van der Waals surface area contributed by atoms with E-state index in [2.05, 4.69) is 50.0 Å². The standard InChI is InChI=1S/C19H22FN3/c1-19(2,3)14-6-4-13(5-7-14)18-16(10-11-21)23-12-15(20)8-9-17(23)22-18/h4-9,12H,10-11,21H2,1-3H3. The van der Waals surface area contributed by atoms with Crippen LogP contribution in [0.5, 0.6) is 0 Å². The summed E-state index contributed by atoms with van der Waals surface area (Å²) in [5.41, 5.74) is 10.7. The maximum Gasteiger partial charge on any atom is 0.139 e. The van der Waals surface area contributed by atoms with Crippen LogP contribution in [0.2, 0.25) is 0 Å². The van der Waals surface area contributed by atoms with Crippen molar-refractivity contribution in [3.63, 3.8) is 0 Å². The third-order valence-electron chi connectivity index (χ3n) is 4.09. The molecule has 0 saturated heterocycles. The molecule has 4 heteroatoms. The van der Waals surface area contributed by atoms with Crippen LogP contribution in [0.3, 0.4) is 0 Å². The lowest BCUT2D eigenvalue weighted by atomic mass is 9.86. The molecule has 0 bridgehead atoms. The first-order valence-corrected chi connectivity index (χ1v) is 7.87. The molecule has 3 aromatic rings. The number of benzene rings is 1. The van der Waals surface area contributed by atoms with Gasteiger partial charge in [0.25, 0.3) is 0 Å². The number of hydrogen-bond donors (Lipinski definition) is 1. The van der Waals surface area contributed by atoms with Gasteiger partial charge >= 0.3 is 0 Å². The number of pyridine rings is 1. The Morgan fingerprint density at radius 1 is 1.09 bits per heavy atom. The number of nitrogens with two attached hydrogens (primary N) is 1. The van der Waals surface area contributed by atoms with Crippen molar-refractivity contribution in [2.45, 2.75) is 32.6 Å². The molecule has 0 unspecified atom stereocenters. The van der Waals surface area contributed by atoms with Gasteiger partial charge in [-0.05, 0) is 29.7 Å². The first-order valence-electron chi connectivity index (χ1n) is 7.87. The van der Waals surface area contributed by atoms with Gasteiger partial charge in [0.2, 0.25) is 0 Å². The third kappa shape index (κ3) is 2.99. The first kappa shape index (κ1) is 15.7. The minimum Gasteiger partial charge on any atom is -0.330 e. The predicted octanol–water partition coefficient (Wildman–Crippen LogP) is 3.94. The first-order chi connectivity index (χ1) is 10.9. The highest BCUT2D eigenvalue weighted by molar-refractivity contribution is 5.67. The molecule has 2 aromatic heterocycles. The quantitative estimate of drug-likeness (QED) is 0.796. The van der Waals surface area contributed by atoms with E-state index in [1.807, 2.05) is 0 Å². The molecule has 0 fully saturated rings. The highest BCUT2D eigenvalue weighted by atomic mass is 19.1. The number of hydrogen-bond acceptors (Lipinski definition) is 2. The summed E-state index contributed by atoms with van der Waals surface area (Å²) in [5, 5.41) is 0. The summed E-state index contributed by atoms with van der Waals surface area (Å²) in [6.45, 7) is 7.07. The van der Waals surface area contributed by atoms with Gasteiger partial charge in [-0.25, -0.2) is 9.37 Å². The van der Waals surface area contributed by atoms with Crippen LogP contribution >= 0.6 is 0 Å². The lowest BCUT2D eigenvalue weighted by Crippen LogP contribution is -2.10. The van der Waals surface area contributed by atoms with Crippen molar-refractivity contribution in [2.75, 3.05) is 6.54 Å². The van der Waals surface area contributed by atoms with Gasteiger partial charge in [-0.3, -0.25) is 0 Å².